The summed E-state index contributed by atoms with van der Waals surface area (Å²) in [6.45, 7) is 3.40. The number of unbranched alkanes of at least 4 members (excludes halogenated alkanes) is 2. The maximum Gasteiger partial charge on any atom is 0.0576 e. The molecule has 1 rings (SSSR count). The van der Waals surface area contributed by atoms with Crippen molar-refractivity contribution >= 4 is 11.6 Å². The van der Waals surface area contributed by atoms with E-state index in [-0.39, 0.29) is 0 Å². The van der Waals surface area contributed by atoms with Crippen molar-refractivity contribution in [2.24, 2.45) is 0 Å². The van der Waals surface area contributed by atoms with Crippen LogP contribution in [0, 0.1) is 0 Å². The molecule has 96 valence electrons. The van der Waals surface area contributed by atoms with Gasteiger partial charge in [0.1, 0.15) is 0 Å². The summed E-state index contributed by atoms with van der Waals surface area (Å²) in [6, 6.07) is 0. The van der Waals surface area contributed by atoms with E-state index < -0.39 is 0 Å². The zero-order chi connectivity index (χ0) is 11.6. The molecule has 16 heavy (non-hydrogen) atoms. The van der Waals surface area contributed by atoms with Gasteiger partial charge in [0.2, 0.25) is 0 Å². The number of hydrogen-bond acceptors (Lipinski definition) is 2. The molecule has 0 amide bonds. The van der Waals surface area contributed by atoms with Crippen molar-refractivity contribution in [3.05, 3.63) is 0 Å². The summed E-state index contributed by atoms with van der Waals surface area (Å²) in [5.74, 6) is 0.808. The molecule has 0 aromatic heterocycles. The fourth-order valence-corrected chi connectivity index (χ4v) is 2.41. The number of hydrogen-bond donors (Lipinski definition) is 0. The third kappa shape index (κ3) is 6.72. The summed E-state index contributed by atoms with van der Waals surface area (Å²) in [7, 11) is 2.22. The van der Waals surface area contributed by atoms with Gasteiger partial charge in [-0.3, -0.25) is 0 Å². The molecule has 1 fully saturated rings. The highest BCUT2D eigenvalue weighted by Crippen LogP contribution is 2.16. The Bertz CT molecular complexity index is 160. The van der Waals surface area contributed by atoms with Gasteiger partial charge in [0.25, 0.3) is 0 Å². The Morgan fingerprint density at radius 1 is 1.19 bits per heavy atom. The second-order valence-electron chi connectivity index (χ2n) is 4.83. The van der Waals surface area contributed by atoms with Crippen molar-refractivity contribution in [3.8, 4) is 0 Å². The van der Waals surface area contributed by atoms with Gasteiger partial charge in [-0.15, -0.1) is 11.6 Å². The Morgan fingerprint density at radius 2 is 2.00 bits per heavy atom. The van der Waals surface area contributed by atoms with Gasteiger partial charge in [0.15, 0.2) is 0 Å². The molecule has 1 heterocycles. The van der Waals surface area contributed by atoms with Gasteiger partial charge in [0.05, 0.1) is 6.10 Å². The molecule has 0 aliphatic carbocycles. The van der Waals surface area contributed by atoms with E-state index >= 15 is 0 Å². The predicted octanol–water partition coefficient (Wildman–Crippen LogP) is 3.29. The fraction of sp³-hybridized carbons (Fsp3) is 1.00. The highest BCUT2D eigenvalue weighted by atomic mass is 35.5. The molecule has 0 radical (unpaired) electrons. The van der Waals surface area contributed by atoms with Crippen molar-refractivity contribution < 1.29 is 4.74 Å². The zero-order valence-electron chi connectivity index (χ0n) is 10.6. The SMILES string of the molecule is CN(CCCCCCl)CCCC1CCCO1. The van der Waals surface area contributed by atoms with Gasteiger partial charge in [-0.1, -0.05) is 6.42 Å². The van der Waals surface area contributed by atoms with Crippen LogP contribution in [-0.2, 0) is 4.74 Å². The van der Waals surface area contributed by atoms with E-state index in [4.69, 9.17) is 16.3 Å². The van der Waals surface area contributed by atoms with Crippen molar-refractivity contribution in [3.63, 3.8) is 0 Å². The topological polar surface area (TPSA) is 12.5 Å². The maximum atomic E-state index is 5.65. The van der Waals surface area contributed by atoms with Crippen molar-refractivity contribution in [2.75, 3.05) is 32.6 Å². The quantitative estimate of drug-likeness (QED) is 0.458. The number of halogens is 1. The van der Waals surface area contributed by atoms with Crippen LogP contribution in [0.3, 0.4) is 0 Å². The largest absolute Gasteiger partial charge is 0.378 e. The number of alkyl halides is 1. The van der Waals surface area contributed by atoms with E-state index in [2.05, 4.69) is 11.9 Å². The normalized spacial score (nSPS) is 20.8. The lowest BCUT2D eigenvalue weighted by Gasteiger charge is -2.17. The molecule has 0 saturated carbocycles. The van der Waals surface area contributed by atoms with Crippen LogP contribution < -0.4 is 0 Å². The Labute approximate surface area is 105 Å². The summed E-state index contributed by atoms with van der Waals surface area (Å²) in [4.78, 5) is 2.43. The minimum atomic E-state index is 0.560. The molecule has 2 nitrogen and oxygen atoms in total. The van der Waals surface area contributed by atoms with Gasteiger partial charge in [-0.25, -0.2) is 0 Å². The number of ether oxygens (including phenoxy) is 1. The Kier molecular flexibility index (Phi) is 8.26. The smallest absolute Gasteiger partial charge is 0.0576 e. The van der Waals surface area contributed by atoms with Crippen LogP contribution in [0.25, 0.3) is 0 Å². The molecule has 0 spiro atoms. The first kappa shape index (κ1) is 14.3. The van der Waals surface area contributed by atoms with E-state index in [0.29, 0.717) is 6.10 Å². The molecular weight excluding hydrogens is 222 g/mol. The first-order chi connectivity index (χ1) is 7.83. The van der Waals surface area contributed by atoms with Gasteiger partial charge < -0.3 is 9.64 Å². The molecule has 1 aliphatic heterocycles. The standard InChI is InChI=1S/C13H26ClNO/c1-15(10-4-2-3-9-14)11-5-7-13-8-6-12-16-13/h13H,2-12H2,1H3. The minimum Gasteiger partial charge on any atom is -0.378 e. The van der Waals surface area contributed by atoms with E-state index in [9.17, 15) is 0 Å². The average Bonchev–Trinajstić information content (AvgIpc) is 2.77. The maximum absolute atomic E-state index is 5.65. The summed E-state index contributed by atoms with van der Waals surface area (Å²) in [5, 5.41) is 0. The van der Waals surface area contributed by atoms with Crippen LogP contribution in [0.5, 0.6) is 0 Å². The van der Waals surface area contributed by atoms with Crippen LogP contribution in [0.1, 0.15) is 44.9 Å². The second-order valence-corrected chi connectivity index (χ2v) is 5.21. The van der Waals surface area contributed by atoms with Crippen LogP contribution in [0.2, 0.25) is 0 Å². The average molecular weight is 248 g/mol. The third-order valence-electron chi connectivity index (χ3n) is 3.26. The lowest BCUT2D eigenvalue weighted by Crippen LogP contribution is -2.22. The van der Waals surface area contributed by atoms with Crippen molar-refractivity contribution in [2.45, 2.75) is 51.0 Å². The highest BCUT2D eigenvalue weighted by Gasteiger charge is 2.14. The Hall–Kier alpha value is 0.210. The fourth-order valence-electron chi connectivity index (χ4n) is 2.23. The lowest BCUT2D eigenvalue weighted by atomic mass is 10.1. The van der Waals surface area contributed by atoms with E-state index in [1.165, 1.54) is 51.6 Å². The highest BCUT2D eigenvalue weighted by molar-refractivity contribution is 6.17. The second kappa shape index (κ2) is 9.26. The monoisotopic (exact) mass is 247 g/mol. The molecule has 0 aromatic rings. The Balaban J connectivity index is 1.87. The lowest BCUT2D eigenvalue weighted by molar-refractivity contribution is 0.0997. The molecular formula is C13H26ClNO. The van der Waals surface area contributed by atoms with E-state index in [1.807, 2.05) is 0 Å². The Morgan fingerprint density at radius 3 is 2.69 bits per heavy atom. The van der Waals surface area contributed by atoms with Crippen LogP contribution >= 0.6 is 11.6 Å². The summed E-state index contributed by atoms with van der Waals surface area (Å²) in [5.41, 5.74) is 0. The molecule has 1 atom stereocenters. The molecule has 1 saturated heterocycles. The van der Waals surface area contributed by atoms with Crippen LogP contribution in [-0.4, -0.2) is 43.6 Å². The predicted molar refractivity (Wildman–Crippen MR) is 70.3 cm³/mol. The van der Waals surface area contributed by atoms with Crippen LogP contribution in [0.4, 0.5) is 0 Å². The first-order valence-corrected chi connectivity index (χ1v) is 7.22. The summed E-state index contributed by atoms with van der Waals surface area (Å²) < 4.78 is 5.61. The van der Waals surface area contributed by atoms with Crippen molar-refractivity contribution in [1.82, 2.24) is 4.90 Å². The van der Waals surface area contributed by atoms with Gasteiger partial charge in [-0.05, 0) is 58.7 Å². The van der Waals surface area contributed by atoms with Crippen molar-refractivity contribution in [1.29, 1.82) is 0 Å². The van der Waals surface area contributed by atoms with E-state index in [0.717, 1.165) is 18.9 Å². The summed E-state index contributed by atoms with van der Waals surface area (Å²) in [6.07, 6.45) is 9.32. The van der Waals surface area contributed by atoms with Gasteiger partial charge >= 0.3 is 0 Å². The zero-order valence-corrected chi connectivity index (χ0v) is 11.3. The molecule has 3 heteroatoms. The third-order valence-corrected chi connectivity index (χ3v) is 3.53. The molecule has 0 bridgehead atoms. The number of rotatable bonds is 9. The van der Waals surface area contributed by atoms with Crippen LogP contribution in [0.15, 0.2) is 0 Å². The molecule has 1 unspecified atom stereocenters. The molecule has 1 aliphatic rings. The molecule has 0 aromatic carbocycles. The van der Waals surface area contributed by atoms with E-state index in [1.54, 1.807) is 0 Å². The van der Waals surface area contributed by atoms with Gasteiger partial charge in [-0.2, -0.15) is 0 Å². The minimum absolute atomic E-state index is 0.560. The molecule has 0 N–H and O–H groups in total. The van der Waals surface area contributed by atoms with Gasteiger partial charge in [0, 0.05) is 12.5 Å². The summed E-state index contributed by atoms with van der Waals surface area (Å²) >= 11 is 5.65. The number of nitrogens with zero attached hydrogens (tertiary/aromatic N) is 1. The first-order valence-electron chi connectivity index (χ1n) is 6.69.